The summed E-state index contributed by atoms with van der Waals surface area (Å²) in [7, 11) is 0. The molecule has 3 atom stereocenters. The quantitative estimate of drug-likeness (QED) is 0.0651. The summed E-state index contributed by atoms with van der Waals surface area (Å²) in [5, 5.41) is 16.6. The monoisotopic (exact) mass is 433 g/mol. The number of hydrogen-bond acceptors (Lipinski definition) is 7. The predicted molar refractivity (Wildman–Crippen MR) is 111 cm³/mol. The van der Waals surface area contributed by atoms with Crippen molar-refractivity contribution in [1.82, 2.24) is 16.0 Å². The number of carboxylic acids is 1. The molecule has 29 heavy (non-hydrogen) atoms. The highest BCUT2D eigenvalue weighted by Gasteiger charge is 2.29. The van der Waals surface area contributed by atoms with E-state index in [1.165, 1.54) is 0 Å². The highest BCUT2D eigenvalue weighted by molar-refractivity contribution is 7.80. The van der Waals surface area contributed by atoms with E-state index < -0.39 is 41.8 Å². The zero-order chi connectivity index (χ0) is 22.6. The molecule has 0 saturated carbocycles. The topological polar surface area (TPSA) is 215 Å². The molecule has 0 aliphatic rings. The van der Waals surface area contributed by atoms with Gasteiger partial charge in [0.05, 0.1) is 6.54 Å². The third-order valence-corrected chi connectivity index (χ3v) is 4.19. The van der Waals surface area contributed by atoms with Gasteiger partial charge in [0.15, 0.2) is 5.96 Å². The van der Waals surface area contributed by atoms with Crippen LogP contribution in [0.1, 0.15) is 26.7 Å². The minimum Gasteiger partial charge on any atom is -0.480 e. The van der Waals surface area contributed by atoms with Gasteiger partial charge in [-0.05, 0) is 18.8 Å². The normalized spacial score (nSPS) is 13.7. The van der Waals surface area contributed by atoms with Crippen molar-refractivity contribution in [3.05, 3.63) is 0 Å². The number of amides is 3. The van der Waals surface area contributed by atoms with Gasteiger partial charge in [0.25, 0.3) is 0 Å². The van der Waals surface area contributed by atoms with E-state index in [1.807, 2.05) is 0 Å². The first kappa shape index (κ1) is 26.5. The Hall–Kier alpha value is -2.54. The van der Waals surface area contributed by atoms with Crippen molar-refractivity contribution >= 4 is 42.3 Å². The predicted octanol–water partition coefficient (Wildman–Crippen LogP) is -2.88. The molecule has 3 unspecified atom stereocenters. The number of carboxylic acid groups (broad SMARTS) is 1. The van der Waals surface area contributed by atoms with Gasteiger partial charge < -0.3 is 38.3 Å². The Bertz CT molecular complexity index is 610. The third kappa shape index (κ3) is 10.5. The van der Waals surface area contributed by atoms with Crippen molar-refractivity contribution in [2.75, 3.05) is 18.8 Å². The molecule has 0 aromatic rings. The van der Waals surface area contributed by atoms with Crippen LogP contribution in [0.25, 0.3) is 0 Å². The molecular formula is C16H31N7O5S. The minimum atomic E-state index is -1.23. The molecule has 3 amide bonds. The standard InChI is InChI=1S/C16H31N7O5S/c1-8(2)12(23-11(24)6-17)14(26)22-10(7-29)13(25)21-9(15(27)28)4-3-5-20-16(18)19/h8-10,12,29H,3-7,17H2,1-2H3,(H,21,25)(H,22,26)(H,23,24)(H,27,28)(H4,18,19,20). The van der Waals surface area contributed by atoms with Crippen LogP contribution in [-0.2, 0) is 19.2 Å². The molecule has 0 aliphatic heterocycles. The first-order valence-electron chi connectivity index (χ1n) is 9.02. The Morgan fingerprint density at radius 1 is 1.03 bits per heavy atom. The molecule has 0 aromatic heterocycles. The molecule has 0 heterocycles. The number of guanidine groups is 1. The van der Waals surface area contributed by atoms with Crippen LogP contribution in [0.4, 0.5) is 0 Å². The molecule has 0 radical (unpaired) electrons. The summed E-state index contributed by atoms with van der Waals surface area (Å²) in [5.74, 6) is -3.52. The van der Waals surface area contributed by atoms with Crippen LogP contribution >= 0.6 is 12.6 Å². The molecule has 166 valence electrons. The van der Waals surface area contributed by atoms with Crippen LogP contribution in [0, 0.1) is 5.92 Å². The van der Waals surface area contributed by atoms with Crippen molar-refractivity contribution in [3.63, 3.8) is 0 Å². The van der Waals surface area contributed by atoms with E-state index in [2.05, 4.69) is 33.6 Å². The molecule has 12 nitrogen and oxygen atoms in total. The van der Waals surface area contributed by atoms with Crippen molar-refractivity contribution in [2.45, 2.75) is 44.8 Å². The van der Waals surface area contributed by atoms with Crippen molar-refractivity contribution in [2.24, 2.45) is 28.1 Å². The summed E-state index contributed by atoms with van der Waals surface area (Å²) in [6.07, 6.45) is 0.417. The van der Waals surface area contributed by atoms with Gasteiger partial charge >= 0.3 is 5.97 Å². The molecular weight excluding hydrogens is 402 g/mol. The van der Waals surface area contributed by atoms with Crippen LogP contribution in [0.2, 0.25) is 0 Å². The second kappa shape index (κ2) is 13.6. The Balaban J connectivity index is 4.97. The number of carbonyl (C=O) groups excluding carboxylic acids is 3. The van der Waals surface area contributed by atoms with Crippen LogP contribution < -0.4 is 33.2 Å². The molecule has 0 rings (SSSR count). The third-order valence-electron chi connectivity index (χ3n) is 3.83. The van der Waals surface area contributed by atoms with Crippen molar-refractivity contribution in [1.29, 1.82) is 0 Å². The maximum atomic E-state index is 12.5. The van der Waals surface area contributed by atoms with E-state index in [0.717, 1.165) is 0 Å². The lowest BCUT2D eigenvalue weighted by atomic mass is 10.0. The zero-order valence-corrected chi connectivity index (χ0v) is 17.4. The number of aliphatic carboxylic acids is 1. The van der Waals surface area contributed by atoms with Gasteiger partial charge in [0.1, 0.15) is 18.1 Å². The maximum absolute atomic E-state index is 12.5. The highest BCUT2D eigenvalue weighted by atomic mass is 32.1. The first-order chi connectivity index (χ1) is 13.5. The van der Waals surface area contributed by atoms with Gasteiger partial charge in [-0.25, -0.2) is 4.79 Å². The second-order valence-corrected chi connectivity index (χ2v) is 6.95. The number of carbonyl (C=O) groups is 4. The first-order valence-corrected chi connectivity index (χ1v) is 9.65. The molecule has 0 aromatic carbocycles. The molecule has 0 fully saturated rings. The fourth-order valence-electron chi connectivity index (χ4n) is 2.26. The number of nitrogens with zero attached hydrogens (tertiary/aromatic N) is 1. The number of nitrogens with two attached hydrogens (primary N) is 3. The lowest BCUT2D eigenvalue weighted by molar-refractivity contribution is -0.142. The summed E-state index contributed by atoms with van der Waals surface area (Å²) in [5.41, 5.74) is 15.6. The molecule has 0 bridgehead atoms. The number of aliphatic imine (C=N–C) groups is 1. The van der Waals surface area contributed by atoms with Gasteiger partial charge in [0, 0.05) is 12.3 Å². The lowest BCUT2D eigenvalue weighted by Crippen LogP contribution is -2.58. The smallest absolute Gasteiger partial charge is 0.326 e. The van der Waals surface area contributed by atoms with Crippen LogP contribution in [0.15, 0.2) is 4.99 Å². The summed E-state index contributed by atoms with van der Waals surface area (Å²) in [6.45, 7) is 3.36. The Morgan fingerprint density at radius 2 is 1.62 bits per heavy atom. The van der Waals surface area contributed by atoms with E-state index in [-0.39, 0.29) is 37.1 Å². The fraction of sp³-hybridized carbons (Fsp3) is 0.688. The number of nitrogens with one attached hydrogen (secondary N) is 3. The molecule has 0 aliphatic carbocycles. The van der Waals surface area contributed by atoms with E-state index in [4.69, 9.17) is 17.2 Å². The van der Waals surface area contributed by atoms with Crippen molar-refractivity contribution in [3.8, 4) is 0 Å². The van der Waals surface area contributed by atoms with E-state index in [9.17, 15) is 24.3 Å². The van der Waals surface area contributed by atoms with E-state index >= 15 is 0 Å². The van der Waals surface area contributed by atoms with Crippen LogP contribution in [0.5, 0.6) is 0 Å². The average molecular weight is 434 g/mol. The van der Waals surface area contributed by atoms with Crippen molar-refractivity contribution < 1.29 is 24.3 Å². The summed E-state index contributed by atoms with van der Waals surface area (Å²) >= 11 is 4.04. The number of thiol groups is 1. The largest absolute Gasteiger partial charge is 0.480 e. The summed E-state index contributed by atoms with van der Waals surface area (Å²) < 4.78 is 0. The van der Waals surface area contributed by atoms with Gasteiger partial charge in [-0.2, -0.15) is 12.6 Å². The molecule has 0 saturated heterocycles. The molecule has 13 heteroatoms. The van der Waals surface area contributed by atoms with Gasteiger partial charge in [0.2, 0.25) is 17.7 Å². The number of hydrogen-bond donors (Lipinski definition) is 8. The lowest BCUT2D eigenvalue weighted by Gasteiger charge is -2.25. The highest BCUT2D eigenvalue weighted by Crippen LogP contribution is 2.04. The summed E-state index contributed by atoms with van der Waals surface area (Å²) in [4.78, 5) is 51.5. The Morgan fingerprint density at radius 3 is 2.07 bits per heavy atom. The van der Waals surface area contributed by atoms with Crippen LogP contribution in [-0.4, -0.2) is 71.7 Å². The summed E-state index contributed by atoms with van der Waals surface area (Å²) in [6, 6.07) is -3.19. The number of rotatable bonds is 13. The van der Waals surface area contributed by atoms with Crippen LogP contribution in [0.3, 0.4) is 0 Å². The SMILES string of the molecule is CC(C)C(NC(=O)CN)C(=O)NC(CS)C(=O)NC(CCCN=C(N)N)C(=O)O. The Labute approximate surface area is 174 Å². The molecule has 0 spiro atoms. The van der Waals surface area contributed by atoms with E-state index in [0.29, 0.717) is 6.42 Å². The second-order valence-electron chi connectivity index (χ2n) is 6.59. The van der Waals surface area contributed by atoms with Gasteiger partial charge in [-0.3, -0.25) is 19.4 Å². The van der Waals surface area contributed by atoms with Gasteiger partial charge in [-0.15, -0.1) is 0 Å². The fourth-order valence-corrected chi connectivity index (χ4v) is 2.51. The molecule has 10 N–H and O–H groups in total. The average Bonchev–Trinajstić information content (AvgIpc) is 2.64. The van der Waals surface area contributed by atoms with E-state index in [1.54, 1.807) is 13.8 Å². The minimum absolute atomic E-state index is 0.0758. The van der Waals surface area contributed by atoms with Gasteiger partial charge in [-0.1, -0.05) is 13.8 Å². The zero-order valence-electron chi connectivity index (χ0n) is 16.6. The maximum Gasteiger partial charge on any atom is 0.326 e. The Kier molecular flexibility index (Phi) is 12.4.